The minimum absolute atomic E-state index is 0.144. The molecule has 0 unspecified atom stereocenters. The van der Waals surface area contributed by atoms with Gasteiger partial charge in [0.2, 0.25) is 0 Å². The van der Waals surface area contributed by atoms with E-state index in [1.54, 1.807) is 36.2 Å². The summed E-state index contributed by atoms with van der Waals surface area (Å²) in [5.74, 6) is 0.0421. The highest BCUT2D eigenvalue weighted by molar-refractivity contribution is 7.99. The third kappa shape index (κ3) is 4.66. The highest BCUT2D eigenvalue weighted by atomic mass is 32.2. The maximum atomic E-state index is 12.8. The third-order valence-corrected chi connectivity index (χ3v) is 6.47. The second-order valence-electron chi connectivity index (χ2n) is 7.62. The van der Waals surface area contributed by atoms with Crippen molar-refractivity contribution in [2.24, 2.45) is 4.99 Å². The summed E-state index contributed by atoms with van der Waals surface area (Å²) in [5, 5.41) is 13.0. The van der Waals surface area contributed by atoms with Crippen molar-refractivity contribution >= 4 is 29.1 Å². The average Bonchev–Trinajstić information content (AvgIpc) is 3.01. The molecule has 6 heteroatoms. The number of aliphatic imine (C=N–C) groups is 1. The number of nitrogens with zero attached hydrogens (tertiary/aromatic N) is 2. The van der Waals surface area contributed by atoms with E-state index in [0.717, 1.165) is 38.0 Å². The molecule has 5 rings (SSSR count). The quantitative estimate of drug-likeness (QED) is 0.376. The summed E-state index contributed by atoms with van der Waals surface area (Å²) in [4.78, 5) is 24.1. The Kier molecular flexibility index (Phi) is 5.91. The second kappa shape index (κ2) is 9.30. The first-order valence-corrected chi connectivity index (χ1v) is 11.5. The number of rotatable bonds is 5. The van der Waals surface area contributed by atoms with E-state index in [4.69, 9.17) is 4.99 Å². The van der Waals surface area contributed by atoms with Crippen LogP contribution in [0.5, 0.6) is 5.75 Å². The van der Waals surface area contributed by atoms with Gasteiger partial charge in [-0.15, -0.1) is 0 Å². The fraction of sp³-hybridized carbons (Fsp3) is 0.0741. The lowest BCUT2D eigenvalue weighted by molar-refractivity contribution is 0.0954. The van der Waals surface area contributed by atoms with Crippen LogP contribution in [0, 0.1) is 0 Å². The van der Waals surface area contributed by atoms with Gasteiger partial charge < -0.3 is 10.4 Å². The summed E-state index contributed by atoms with van der Waals surface area (Å²) in [7, 11) is 0. The molecule has 162 valence electrons. The van der Waals surface area contributed by atoms with Crippen LogP contribution in [0.25, 0.3) is 0 Å². The zero-order chi connectivity index (χ0) is 22.6. The molecule has 1 amide bonds. The third-order valence-electron chi connectivity index (χ3n) is 5.33. The molecule has 5 nitrogen and oxygen atoms in total. The minimum atomic E-state index is -0.144. The van der Waals surface area contributed by atoms with Gasteiger partial charge in [-0.25, -0.2) is 4.99 Å². The molecule has 0 saturated carbocycles. The number of fused-ring (bicyclic) bond motifs is 2. The largest absolute Gasteiger partial charge is 0.508 e. The Morgan fingerprint density at radius 1 is 0.909 bits per heavy atom. The topological polar surface area (TPSA) is 74.6 Å². The number of hydrogen-bond donors (Lipinski definition) is 2. The molecular formula is C27H21N3O2S. The van der Waals surface area contributed by atoms with Crippen LogP contribution in [0.15, 0.2) is 106 Å². The van der Waals surface area contributed by atoms with E-state index in [-0.39, 0.29) is 11.7 Å². The number of nitrogens with one attached hydrogen (secondary N) is 1. The second-order valence-corrected chi connectivity index (χ2v) is 8.70. The molecule has 33 heavy (non-hydrogen) atoms. The van der Waals surface area contributed by atoms with Crippen LogP contribution in [-0.4, -0.2) is 28.3 Å². The highest BCUT2D eigenvalue weighted by Crippen LogP contribution is 2.41. The van der Waals surface area contributed by atoms with Crippen LogP contribution < -0.4 is 5.32 Å². The summed E-state index contributed by atoms with van der Waals surface area (Å²) in [6, 6.07) is 26.5. The van der Waals surface area contributed by atoms with Gasteiger partial charge in [-0.1, -0.05) is 48.2 Å². The van der Waals surface area contributed by atoms with Crippen molar-refractivity contribution in [2.45, 2.75) is 16.2 Å². The molecule has 0 fully saturated rings. The van der Waals surface area contributed by atoms with E-state index in [9.17, 15) is 9.90 Å². The molecule has 2 heterocycles. The van der Waals surface area contributed by atoms with Gasteiger partial charge in [-0.2, -0.15) is 0 Å². The van der Waals surface area contributed by atoms with Crippen LogP contribution in [0.2, 0.25) is 0 Å². The Bertz CT molecular complexity index is 1350. The normalized spacial score (nSPS) is 12.2. The number of phenols is 1. The van der Waals surface area contributed by atoms with E-state index in [0.29, 0.717) is 18.5 Å². The molecule has 0 aliphatic carbocycles. The molecule has 4 aromatic rings. The number of pyridine rings is 1. The number of benzene rings is 3. The van der Waals surface area contributed by atoms with Crippen LogP contribution in [-0.2, 0) is 6.42 Å². The van der Waals surface area contributed by atoms with Crippen LogP contribution >= 0.6 is 11.8 Å². The van der Waals surface area contributed by atoms with Gasteiger partial charge in [0.25, 0.3) is 5.91 Å². The van der Waals surface area contributed by atoms with Gasteiger partial charge in [0.1, 0.15) is 5.75 Å². The number of aromatic nitrogens is 1. The SMILES string of the molecule is O=C(NCCc1ccccn1)c1ccc2c(c1)N=C(c1cccc(O)c1)c1ccccc1S2. The van der Waals surface area contributed by atoms with E-state index >= 15 is 0 Å². The summed E-state index contributed by atoms with van der Waals surface area (Å²) < 4.78 is 0. The maximum Gasteiger partial charge on any atom is 0.251 e. The minimum Gasteiger partial charge on any atom is -0.508 e. The highest BCUT2D eigenvalue weighted by Gasteiger charge is 2.20. The van der Waals surface area contributed by atoms with Crippen molar-refractivity contribution in [1.29, 1.82) is 0 Å². The van der Waals surface area contributed by atoms with Gasteiger partial charge in [0.05, 0.1) is 11.4 Å². The lowest BCUT2D eigenvalue weighted by atomic mass is 10.0. The molecule has 1 aliphatic rings. The van der Waals surface area contributed by atoms with Crippen molar-refractivity contribution in [1.82, 2.24) is 10.3 Å². The van der Waals surface area contributed by atoms with Crippen LogP contribution in [0.4, 0.5) is 5.69 Å². The van der Waals surface area contributed by atoms with E-state index in [1.807, 2.05) is 60.7 Å². The first-order chi connectivity index (χ1) is 16.2. The zero-order valence-corrected chi connectivity index (χ0v) is 18.5. The van der Waals surface area contributed by atoms with Gasteiger partial charge in [0, 0.05) is 51.3 Å². The number of phenolic OH excluding ortho intramolecular Hbond substituents is 1. The monoisotopic (exact) mass is 451 g/mol. The molecule has 2 N–H and O–H groups in total. The van der Waals surface area contributed by atoms with Crippen molar-refractivity contribution < 1.29 is 9.90 Å². The van der Waals surface area contributed by atoms with Gasteiger partial charge in [-0.05, 0) is 48.5 Å². The van der Waals surface area contributed by atoms with Crippen molar-refractivity contribution in [3.05, 3.63) is 114 Å². The number of amides is 1. The first-order valence-electron chi connectivity index (χ1n) is 10.6. The lowest BCUT2D eigenvalue weighted by Gasteiger charge is -2.09. The van der Waals surface area contributed by atoms with Crippen molar-refractivity contribution in [3.8, 4) is 5.75 Å². The standard InChI is InChI=1S/C27H21N3O2S/c31-21-8-5-6-18(16-21)26-22-9-1-2-10-24(22)33-25-12-11-19(17-23(25)30-26)27(32)29-15-13-20-7-3-4-14-28-20/h1-12,14,16-17,31H,13,15H2,(H,29,32). The number of carbonyl (C=O) groups excluding carboxylic acids is 1. The Balaban J connectivity index is 1.46. The summed E-state index contributed by atoms with van der Waals surface area (Å²) in [5.41, 5.74) is 4.80. The fourth-order valence-electron chi connectivity index (χ4n) is 3.71. The van der Waals surface area contributed by atoms with Gasteiger partial charge >= 0.3 is 0 Å². The molecule has 1 aliphatic heterocycles. The van der Waals surface area contributed by atoms with Crippen LogP contribution in [0.1, 0.15) is 27.2 Å². The molecule has 0 saturated heterocycles. The fourth-order valence-corrected chi connectivity index (χ4v) is 4.71. The predicted molar refractivity (Wildman–Crippen MR) is 131 cm³/mol. The van der Waals surface area contributed by atoms with E-state index in [1.165, 1.54) is 0 Å². The number of aromatic hydroxyl groups is 1. The summed E-state index contributed by atoms with van der Waals surface area (Å²) in [6.45, 7) is 0.505. The average molecular weight is 452 g/mol. The Morgan fingerprint density at radius 3 is 2.64 bits per heavy atom. The molecule has 1 aromatic heterocycles. The van der Waals surface area contributed by atoms with Crippen molar-refractivity contribution in [2.75, 3.05) is 6.54 Å². The molecule has 0 radical (unpaired) electrons. The van der Waals surface area contributed by atoms with Gasteiger partial charge in [-0.3, -0.25) is 9.78 Å². The Morgan fingerprint density at radius 2 is 1.79 bits per heavy atom. The van der Waals surface area contributed by atoms with Crippen LogP contribution in [0.3, 0.4) is 0 Å². The smallest absolute Gasteiger partial charge is 0.251 e. The van der Waals surface area contributed by atoms with Crippen molar-refractivity contribution in [3.63, 3.8) is 0 Å². The molecular weight excluding hydrogens is 430 g/mol. The summed E-state index contributed by atoms with van der Waals surface area (Å²) in [6.07, 6.45) is 2.42. The molecule has 0 spiro atoms. The zero-order valence-electron chi connectivity index (χ0n) is 17.7. The molecule has 0 atom stereocenters. The lowest BCUT2D eigenvalue weighted by Crippen LogP contribution is -2.25. The molecule has 0 bridgehead atoms. The van der Waals surface area contributed by atoms with E-state index in [2.05, 4.69) is 16.4 Å². The molecule has 3 aromatic carbocycles. The maximum absolute atomic E-state index is 12.8. The number of hydrogen-bond acceptors (Lipinski definition) is 5. The predicted octanol–water partition coefficient (Wildman–Crippen LogP) is 5.39. The number of carbonyl (C=O) groups is 1. The van der Waals surface area contributed by atoms with E-state index < -0.39 is 0 Å². The Hall–Kier alpha value is -3.90. The Labute approximate surface area is 196 Å². The van der Waals surface area contributed by atoms with Gasteiger partial charge in [0.15, 0.2) is 0 Å². The summed E-state index contributed by atoms with van der Waals surface area (Å²) >= 11 is 1.62. The first kappa shape index (κ1) is 21.0.